The lowest BCUT2D eigenvalue weighted by Crippen LogP contribution is -2.17. The maximum Gasteiger partial charge on any atom is 0.132 e. The minimum Gasteiger partial charge on any atom is -0.365 e. The summed E-state index contributed by atoms with van der Waals surface area (Å²) in [6.45, 7) is 4.36. The molecule has 0 bridgehead atoms. The first kappa shape index (κ1) is 10.9. The highest BCUT2D eigenvalue weighted by Crippen LogP contribution is 2.37. The van der Waals surface area contributed by atoms with Gasteiger partial charge in [0.25, 0.3) is 0 Å². The molecule has 0 atom stereocenters. The van der Waals surface area contributed by atoms with Crippen molar-refractivity contribution in [2.24, 2.45) is 0 Å². The van der Waals surface area contributed by atoms with Crippen LogP contribution in [0.1, 0.15) is 38.9 Å². The van der Waals surface area contributed by atoms with E-state index in [1.54, 1.807) is 0 Å². The molecule has 1 aliphatic rings. The molecule has 0 radical (unpaired) electrons. The van der Waals surface area contributed by atoms with Gasteiger partial charge in [0.15, 0.2) is 0 Å². The van der Waals surface area contributed by atoms with E-state index in [2.05, 4.69) is 45.1 Å². The molecule has 0 saturated heterocycles. The highest BCUT2D eigenvalue weighted by atomic mass is 79.9. The first-order valence-corrected chi connectivity index (χ1v) is 6.22. The van der Waals surface area contributed by atoms with E-state index in [-0.39, 0.29) is 5.54 Å². The number of aryl methyl sites for hydroxylation is 1. The van der Waals surface area contributed by atoms with Crippen LogP contribution in [0, 0.1) is 0 Å². The number of rotatable bonds is 4. The summed E-state index contributed by atoms with van der Waals surface area (Å²) in [6.07, 6.45) is 4.48. The second-order valence-electron chi connectivity index (χ2n) is 4.43. The minimum absolute atomic E-state index is 0.275. The van der Waals surface area contributed by atoms with Crippen molar-refractivity contribution in [3.8, 4) is 0 Å². The topological polar surface area (TPSA) is 37.8 Å². The molecule has 82 valence electrons. The standard InChI is InChI=1S/C11H16BrN3/c1-3-4-9-13-8(12)7-10(14-9)15-11(2)5-6-11/h7H,3-6H2,1-2H3,(H,13,14,15). The zero-order valence-corrected chi connectivity index (χ0v) is 10.8. The van der Waals surface area contributed by atoms with Gasteiger partial charge in [-0.2, -0.15) is 0 Å². The molecule has 0 aromatic carbocycles. The molecule has 1 aromatic rings. The summed E-state index contributed by atoms with van der Waals surface area (Å²) in [4.78, 5) is 8.84. The molecule has 1 aliphatic carbocycles. The summed E-state index contributed by atoms with van der Waals surface area (Å²) >= 11 is 3.42. The van der Waals surface area contributed by atoms with E-state index in [0.29, 0.717) is 0 Å². The number of nitrogens with zero attached hydrogens (tertiary/aromatic N) is 2. The summed E-state index contributed by atoms with van der Waals surface area (Å²) in [6, 6.07) is 1.95. The van der Waals surface area contributed by atoms with Gasteiger partial charge in [-0.05, 0) is 42.1 Å². The van der Waals surface area contributed by atoms with Gasteiger partial charge >= 0.3 is 0 Å². The zero-order valence-electron chi connectivity index (χ0n) is 9.18. The van der Waals surface area contributed by atoms with Crippen LogP contribution in [-0.4, -0.2) is 15.5 Å². The lowest BCUT2D eigenvalue weighted by atomic mass is 10.3. The number of aromatic nitrogens is 2. The van der Waals surface area contributed by atoms with Gasteiger partial charge in [-0.3, -0.25) is 0 Å². The third kappa shape index (κ3) is 2.91. The Morgan fingerprint density at radius 2 is 2.20 bits per heavy atom. The third-order valence-electron chi connectivity index (χ3n) is 2.64. The highest BCUT2D eigenvalue weighted by Gasteiger charge is 2.37. The van der Waals surface area contributed by atoms with Crippen molar-refractivity contribution in [1.29, 1.82) is 0 Å². The number of hydrogen-bond donors (Lipinski definition) is 1. The quantitative estimate of drug-likeness (QED) is 0.854. The maximum absolute atomic E-state index is 4.50. The van der Waals surface area contributed by atoms with Crippen LogP contribution < -0.4 is 5.32 Å². The van der Waals surface area contributed by atoms with Crippen molar-refractivity contribution in [2.75, 3.05) is 5.32 Å². The summed E-state index contributed by atoms with van der Waals surface area (Å²) in [7, 11) is 0. The predicted molar refractivity (Wildman–Crippen MR) is 65.0 cm³/mol. The fraction of sp³-hybridized carbons (Fsp3) is 0.636. The van der Waals surface area contributed by atoms with Gasteiger partial charge in [-0.15, -0.1) is 0 Å². The van der Waals surface area contributed by atoms with Gasteiger partial charge in [0.2, 0.25) is 0 Å². The fourth-order valence-electron chi connectivity index (χ4n) is 1.49. The molecule has 0 unspecified atom stereocenters. The molecule has 1 fully saturated rings. The summed E-state index contributed by atoms with van der Waals surface area (Å²) < 4.78 is 0.868. The summed E-state index contributed by atoms with van der Waals surface area (Å²) in [5.41, 5.74) is 0.275. The average molecular weight is 270 g/mol. The monoisotopic (exact) mass is 269 g/mol. The number of hydrogen-bond acceptors (Lipinski definition) is 3. The number of halogens is 1. The molecule has 0 amide bonds. The predicted octanol–water partition coefficient (Wildman–Crippen LogP) is 3.16. The van der Waals surface area contributed by atoms with Crippen molar-refractivity contribution >= 4 is 21.7 Å². The molecule has 3 nitrogen and oxygen atoms in total. The third-order valence-corrected chi connectivity index (χ3v) is 3.05. The van der Waals surface area contributed by atoms with E-state index >= 15 is 0 Å². The van der Waals surface area contributed by atoms with E-state index < -0.39 is 0 Å². The van der Waals surface area contributed by atoms with Gasteiger partial charge in [0.1, 0.15) is 16.2 Å². The molecule has 1 N–H and O–H groups in total. The normalized spacial score (nSPS) is 17.5. The van der Waals surface area contributed by atoms with Crippen molar-refractivity contribution in [3.05, 3.63) is 16.5 Å². The van der Waals surface area contributed by atoms with Crippen LogP contribution in [0.25, 0.3) is 0 Å². The van der Waals surface area contributed by atoms with Gasteiger partial charge in [-0.25, -0.2) is 9.97 Å². The number of nitrogens with one attached hydrogen (secondary N) is 1. The Hall–Kier alpha value is -0.640. The average Bonchev–Trinajstić information content (AvgIpc) is 2.82. The molecule has 1 heterocycles. The molecule has 1 saturated carbocycles. The van der Waals surface area contributed by atoms with Crippen LogP contribution in [0.15, 0.2) is 10.7 Å². The number of anilines is 1. The lowest BCUT2D eigenvalue weighted by molar-refractivity contribution is 0.794. The molecule has 0 aliphatic heterocycles. The van der Waals surface area contributed by atoms with E-state index in [4.69, 9.17) is 0 Å². The highest BCUT2D eigenvalue weighted by molar-refractivity contribution is 9.10. The fourth-order valence-corrected chi connectivity index (χ4v) is 1.91. The van der Waals surface area contributed by atoms with E-state index in [1.165, 1.54) is 12.8 Å². The first-order chi connectivity index (χ1) is 7.11. The Balaban J connectivity index is 2.15. The van der Waals surface area contributed by atoms with Crippen LogP contribution >= 0.6 is 15.9 Å². The Bertz CT molecular complexity index is 361. The molecule has 15 heavy (non-hydrogen) atoms. The van der Waals surface area contributed by atoms with Crippen LogP contribution in [0.3, 0.4) is 0 Å². The summed E-state index contributed by atoms with van der Waals surface area (Å²) in [5.74, 6) is 1.86. The molecular weight excluding hydrogens is 254 g/mol. The molecular formula is C11H16BrN3. The van der Waals surface area contributed by atoms with E-state index in [1.807, 2.05) is 6.07 Å². The van der Waals surface area contributed by atoms with Crippen molar-refractivity contribution < 1.29 is 0 Å². The van der Waals surface area contributed by atoms with Gasteiger partial charge in [0, 0.05) is 18.0 Å². The van der Waals surface area contributed by atoms with Gasteiger partial charge in [-0.1, -0.05) is 6.92 Å². The summed E-state index contributed by atoms with van der Waals surface area (Å²) in [5, 5.41) is 3.45. The Labute approximate surface area is 98.8 Å². The van der Waals surface area contributed by atoms with E-state index in [0.717, 1.165) is 29.1 Å². The van der Waals surface area contributed by atoms with Gasteiger partial charge < -0.3 is 5.32 Å². The molecule has 2 rings (SSSR count). The first-order valence-electron chi connectivity index (χ1n) is 5.43. The van der Waals surface area contributed by atoms with Crippen LogP contribution in [0.2, 0.25) is 0 Å². The second kappa shape index (κ2) is 4.08. The van der Waals surface area contributed by atoms with Gasteiger partial charge in [0.05, 0.1) is 0 Å². The van der Waals surface area contributed by atoms with Crippen LogP contribution in [0.4, 0.5) is 5.82 Å². The van der Waals surface area contributed by atoms with Crippen molar-refractivity contribution in [1.82, 2.24) is 9.97 Å². The second-order valence-corrected chi connectivity index (χ2v) is 5.24. The van der Waals surface area contributed by atoms with Crippen molar-refractivity contribution in [2.45, 2.75) is 45.1 Å². The maximum atomic E-state index is 4.50. The Kier molecular flexibility index (Phi) is 2.96. The largest absolute Gasteiger partial charge is 0.365 e. The molecule has 4 heteroatoms. The van der Waals surface area contributed by atoms with Crippen molar-refractivity contribution in [3.63, 3.8) is 0 Å². The Morgan fingerprint density at radius 1 is 1.47 bits per heavy atom. The molecule has 0 spiro atoms. The smallest absolute Gasteiger partial charge is 0.132 e. The van der Waals surface area contributed by atoms with Crippen LogP contribution in [0.5, 0.6) is 0 Å². The Morgan fingerprint density at radius 3 is 2.80 bits per heavy atom. The lowest BCUT2D eigenvalue weighted by Gasteiger charge is -2.13. The SMILES string of the molecule is CCCc1nc(Br)cc(NC2(C)CC2)n1. The molecule has 1 aromatic heterocycles. The van der Waals surface area contributed by atoms with Crippen LogP contribution in [-0.2, 0) is 6.42 Å². The van der Waals surface area contributed by atoms with E-state index in [9.17, 15) is 0 Å². The minimum atomic E-state index is 0.275. The zero-order chi connectivity index (χ0) is 10.9.